The third-order valence-corrected chi connectivity index (χ3v) is 3.42. The average molecular weight is 282 g/mol. The van der Waals surface area contributed by atoms with Crippen molar-refractivity contribution < 1.29 is 5.21 Å². The topological polar surface area (TPSA) is 102 Å². The van der Waals surface area contributed by atoms with E-state index in [-0.39, 0.29) is 5.84 Å². The molecule has 21 heavy (non-hydrogen) atoms. The minimum atomic E-state index is -0.0937. The van der Waals surface area contributed by atoms with E-state index >= 15 is 0 Å². The minimum Gasteiger partial charge on any atom is -0.409 e. The van der Waals surface area contributed by atoms with Crippen LogP contribution in [0.3, 0.4) is 0 Å². The molecule has 3 rings (SSSR count). The summed E-state index contributed by atoms with van der Waals surface area (Å²) in [4.78, 5) is 12.8. The summed E-state index contributed by atoms with van der Waals surface area (Å²) in [6.45, 7) is 4.07. The van der Waals surface area contributed by atoms with E-state index in [4.69, 9.17) is 10.9 Å². The number of rotatable bonds is 2. The standard InChI is InChI=1S/C14H14N6O/c1-8-5-10-11(6-9(8)2)20(7-18-10)14-12(13(15)19-21)16-3-4-17-14/h3-7,21H,1-2H3,(H2,15,19). The van der Waals surface area contributed by atoms with Crippen LogP contribution in [0.4, 0.5) is 0 Å². The highest BCUT2D eigenvalue weighted by Gasteiger charge is 2.15. The Morgan fingerprint density at radius 3 is 2.62 bits per heavy atom. The highest BCUT2D eigenvalue weighted by Crippen LogP contribution is 2.21. The Hall–Kier alpha value is -2.96. The molecule has 0 fully saturated rings. The Balaban J connectivity index is 2.29. The van der Waals surface area contributed by atoms with Crippen molar-refractivity contribution in [2.75, 3.05) is 0 Å². The monoisotopic (exact) mass is 282 g/mol. The van der Waals surface area contributed by atoms with Crippen LogP contribution in [0.15, 0.2) is 36.0 Å². The van der Waals surface area contributed by atoms with E-state index in [2.05, 4.69) is 20.1 Å². The number of imidazole rings is 1. The summed E-state index contributed by atoms with van der Waals surface area (Å²) >= 11 is 0. The fourth-order valence-corrected chi connectivity index (χ4v) is 2.17. The molecule has 0 radical (unpaired) electrons. The quantitative estimate of drug-likeness (QED) is 0.321. The number of nitrogens with zero attached hydrogens (tertiary/aromatic N) is 5. The lowest BCUT2D eigenvalue weighted by molar-refractivity contribution is 0.318. The van der Waals surface area contributed by atoms with E-state index < -0.39 is 0 Å². The van der Waals surface area contributed by atoms with Crippen LogP contribution in [0.25, 0.3) is 16.9 Å². The maximum absolute atomic E-state index is 8.87. The van der Waals surface area contributed by atoms with Crippen molar-refractivity contribution >= 4 is 16.9 Å². The second kappa shape index (κ2) is 4.86. The summed E-state index contributed by atoms with van der Waals surface area (Å²) < 4.78 is 1.78. The Kier molecular flexibility index (Phi) is 3.02. The van der Waals surface area contributed by atoms with Gasteiger partial charge < -0.3 is 10.9 Å². The first-order chi connectivity index (χ1) is 10.1. The van der Waals surface area contributed by atoms with Gasteiger partial charge in [-0.05, 0) is 37.1 Å². The maximum atomic E-state index is 8.87. The first kappa shape index (κ1) is 13.0. The van der Waals surface area contributed by atoms with E-state index in [1.165, 1.54) is 11.8 Å². The van der Waals surface area contributed by atoms with Crippen molar-refractivity contribution in [2.24, 2.45) is 10.9 Å². The smallest absolute Gasteiger partial charge is 0.192 e. The molecule has 106 valence electrons. The van der Waals surface area contributed by atoms with E-state index in [1.807, 2.05) is 26.0 Å². The molecule has 1 aromatic carbocycles. The molecule has 0 aliphatic carbocycles. The fraction of sp³-hybridized carbons (Fsp3) is 0.143. The molecule has 0 saturated carbocycles. The average Bonchev–Trinajstić information content (AvgIpc) is 2.89. The molecular weight excluding hydrogens is 268 g/mol. The number of aromatic nitrogens is 4. The Morgan fingerprint density at radius 1 is 1.14 bits per heavy atom. The van der Waals surface area contributed by atoms with Gasteiger partial charge in [0.1, 0.15) is 6.33 Å². The number of oxime groups is 1. The van der Waals surface area contributed by atoms with Crippen molar-refractivity contribution in [3.8, 4) is 5.82 Å². The van der Waals surface area contributed by atoms with Gasteiger partial charge in [-0.25, -0.2) is 15.0 Å². The van der Waals surface area contributed by atoms with Crippen LogP contribution in [0, 0.1) is 13.8 Å². The zero-order valence-electron chi connectivity index (χ0n) is 11.6. The van der Waals surface area contributed by atoms with E-state index in [1.54, 1.807) is 17.1 Å². The molecule has 3 aromatic rings. The summed E-state index contributed by atoms with van der Waals surface area (Å²) in [6.07, 6.45) is 4.70. The Bertz CT molecular complexity index is 852. The summed E-state index contributed by atoms with van der Waals surface area (Å²) in [6, 6.07) is 4.04. The van der Waals surface area contributed by atoms with Crippen molar-refractivity contribution in [1.29, 1.82) is 0 Å². The molecule has 2 heterocycles. The normalized spacial score (nSPS) is 12.0. The maximum Gasteiger partial charge on any atom is 0.192 e. The van der Waals surface area contributed by atoms with Crippen LogP contribution in [-0.2, 0) is 0 Å². The van der Waals surface area contributed by atoms with Gasteiger partial charge in [-0.1, -0.05) is 5.16 Å². The summed E-state index contributed by atoms with van der Waals surface area (Å²) in [5, 5.41) is 11.9. The highest BCUT2D eigenvalue weighted by molar-refractivity contribution is 5.98. The zero-order valence-corrected chi connectivity index (χ0v) is 11.6. The molecule has 0 aliphatic rings. The number of aryl methyl sites for hydroxylation is 2. The van der Waals surface area contributed by atoms with Gasteiger partial charge in [0.05, 0.1) is 11.0 Å². The molecule has 0 bridgehead atoms. The van der Waals surface area contributed by atoms with Crippen LogP contribution in [0.2, 0.25) is 0 Å². The van der Waals surface area contributed by atoms with E-state index in [0.717, 1.165) is 16.6 Å². The first-order valence-electron chi connectivity index (χ1n) is 6.35. The van der Waals surface area contributed by atoms with Gasteiger partial charge in [-0.3, -0.25) is 4.57 Å². The highest BCUT2D eigenvalue weighted by atomic mass is 16.4. The van der Waals surface area contributed by atoms with Gasteiger partial charge in [0.25, 0.3) is 0 Å². The largest absolute Gasteiger partial charge is 0.409 e. The minimum absolute atomic E-state index is 0.0937. The molecule has 0 amide bonds. The Labute approximate surface area is 120 Å². The molecule has 7 nitrogen and oxygen atoms in total. The summed E-state index contributed by atoms with van der Waals surface area (Å²) in [7, 11) is 0. The van der Waals surface area contributed by atoms with Crippen molar-refractivity contribution in [3.05, 3.63) is 47.7 Å². The number of fused-ring (bicyclic) bond motifs is 1. The van der Waals surface area contributed by atoms with Crippen LogP contribution < -0.4 is 5.73 Å². The molecule has 0 atom stereocenters. The SMILES string of the molecule is Cc1cc2ncn(-c3nccnc3C(N)=NO)c2cc1C. The van der Waals surface area contributed by atoms with Crippen molar-refractivity contribution in [1.82, 2.24) is 19.5 Å². The number of benzene rings is 1. The molecule has 7 heteroatoms. The summed E-state index contributed by atoms with van der Waals surface area (Å²) in [5.74, 6) is 0.377. The molecule has 0 spiro atoms. The molecular formula is C14H14N6O. The van der Waals surface area contributed by atoms with Gasteiger partial charge in [-0.2, -0.15) is 0 Å². The molecule has 0 saturated heterocycles. The fourth-order valence-electron chi connectivity index (χ4n) is 2.17. The zero-order chi connectivity index (χ0) is 15.0. The van der Waals surface area contributed by atoms with Crippen molar-refractivity contribution in [3.63, 3.8) is 0 Å². The molecule has 3 N–H and O–H groups in total. The van der Waals surface area contributed by atoms with E-state index in [0.29, 0.717) is 11.5 Å². The summed E-state index contributed by atoms with van der Waals surface area (Å²) in [5.41, 5.74) is 10.0. The van der Waals surface area contributed by atoms with Crippen LogP contribution in [0.5, 0.6) is 0 Å². The van der Waals surface area contributed by atoms with E-state index in [9.17, 15) is 0 Å². The van der Waals surface area contributed by atoms with Crippen molar-refractivity contribution in [2.45, 2.75) is 13.8 Å². The van der Waals surface area contributed by atoms with Gasteiger partial charge in [0.2, 0.25) is 0 Å². The van der Waals surface area contributed by atoms with Crippen LogP contribution in [0.1, 0.15) is 16.8 Å². The second-order valence-corrected chi connectivity index (χ2v) is 4.75. The van der Waals surface area contributed by atoms with Gasteiger partial charge in [0, 0.05) is 12.4 Å². The second-order valence-electron chi connectivity index (χ2n) is 4.75. The van der Waals surface area contributed by atoms with Crippen LogP contribution in [-0.4, -0.2) is 30.6 Å². The lowest BCUT2D eigenvalue weighted by Gasteiger charge is -2.08. The molecule has 0 unspecified atom stereocenters. The number of amidine groups is 1. The molecule has 0 aliphatic heterocycles. The van der Waals surface area contributed by atoms with Gasteiger partial charge in [0.15, 0.2) is 17.3 Å². The third kappa shape index (κ3) is 2.08. The van der Waals surface area contributed by atoms with Crippen LogP contribution >= 0.6 is 0 Å². The number of hydrogen-bond acceptors (Lipinski definition) is 5. The predicted octanol–water partition coefficient (Wildman–Crippen LogP) is 1.53. The number of hydrogen-bond donors (Lipinski definition) is 2. The van der Waals surface area contributed by atoms with Gasteiger partial charge in [-0.15, -0.1) is 0 Å². The van der Waals surface area contributed by atoms with Gasteiger partial charge >= 0.3 is 0 Å². The first-order valence-corrected chi connectivity index (χ1v) is 6.35. The Morgan fingerprint density at radius 2 is 1.86 bits per heavy atom. The molecule has 2 aromatic heterocycles. The third-order valence-electron chi connectivity index (χ3n) is 3.42. The number of nitrogens with two attached hydrogens (primary N) is 1. The lowest BCUT2D eigenvalue weighted by atomic mass is 10.1. The lowest BCUT2D eigenvalue weighted by Crippen LogP contribution is -2.19. The predicted molar refractivity (Wildman–Crippen MR) is 78.6 cm³/mol.